The number of anilines is 1. The second-order valence-electron chi connectivity index (χ2n) is 4.61. The first-order valence-electron chi connectivity index (χ1n) is 5.91. The Morgan fingerprint density at radius 3 is 2.58 bits per heavy atom. The zero-order valence-electron chi connectivity index (χ0n) is 11.3. The van der Waals surface area contributed by atoms with Gasteiger partial charge in [0.2, 0.25) is 10.0 Å². The summed E-state index contributed by atoms with van der Waals surface area (Å²) in [5.41, 5.74) is 6.96. The van der Waals surface area contributed by atoms with Gasteiger partial charge in [-0.3, -0.25) is 4.21 Å². The van der Waals surface area contributed by atoms with E-state index >= 15 is 0 Å². The average Bonchev–Trinajstić information content (AvgIpc) is 2.29. The van der Waals surface area contributed by atoms with Crippen LogP contribution in [0.2, 0.25) is 0 Å². The number of aryl methyl sites for hydroxylation is 1. The molecule has 2 atom stereocenters. The summed E-state index contributed by atoms with van der Waals surface area (Å²) in [5.74, 6) is 0.477. The van der Waals surface area contributed by atoms with Gasteiger partial charge in [0.25, 0.3) is 0 Å². The normalized spacial score (nSPS) is 15.1. The van der Waals surface area contributed by atoms with Gasteiger partial charge in [-0.1, -0.05) is 0 Å². The van der Waals surface area contributed by atoms with Crippen LogP contribution in [0.1, 0.15) is 18.9 Å². The molecule has 0 aliphatic carbocycles. The highest BCUT2D eigenvalue weighted by atomic mass is 32.2. The van der Waals surface area contributed by atoms with Crippen LogP contribution in [0.5, 0.6) is 0 Å². The summed E-state index contributed by atoms with van der Waals surface area (Å²) in [5, 5.41) is 0. The van der Waals surface area contributed by atoms with Gasteiger partial charge in [0.15, 0.2) is 0 Å². The second-order valence-corrected chi connectivity index (χ2v) is 7.88. The fourth-order valence-corrected chi connectivity index (χ4v) is 3.60. The molecule has 0 amide bonds. The molecule has 0 aliphatic rings. The quantitative estimate of drug-likeness (QED) is 0.768. The van der Waals surface area contributed by atoms with Crippen LogP contribution in [0.15, 0.2) is 23.1 Å². The summed E-state index contributed by atoms with van der Waals surface area (Å²) in [6, 6.07) is 4.35. The molecule has 0 spiro atoms. The molecule has 1 aromatic rings. The number of nitrogens with two attached hydrogens (primary N) is 1. The zero-order chi connectivity index (χ0) is 14.6. The Bertz CT molecular complexity index is 570. The molecule has 108 valence electrons. The largest absolute Gasteiger partial charge is 0.399 e. The smallest absolute Gasteiger partial charge is 0.240 e. The van der Waals surface area contributed by atoms with E-state index in [1.165, 1.54) is 6.07 Å². The van der Waals surface area contributed by atoms with Crippen molar-refractivity contribution in [3.05, 3.63) is 23.8 Å². The third-order valence-electron chi connectivity index (χ3n) is 2.75. The van der Waals surface area contributed by atoms with Crippen LogP contribution in [-0.2, 0) is 20.8 Å². The molecule has 0 saturated heterocycles. The molecule has 5 nitrogen and oxygen atoms in total. The molecule has 0 aliphatic heterocycles. The molecule has 19 heavy (non-hydrogen) atoms. The van der Waals surface area contributed by atoms with Gasteiger partial charge >= 0.3 is 0 Å². The Morgan fingerprint density at radius 2 is 2.05 bits per heavy atom. The maximum atomic E-state index is 12.1. The van der Waals surface area contributed by atoms with Crippen LogP contribution in [0, 0.1) is 6.92 Å². The van der Waals surface area contributed by atoms with Crippen molar-refractivity contribution in [3.63, 3.8) is 0 Å². The van der Waals surface area contributed by atoms with E-state index < -0.39 is 20.8 Å². The Morgan fingerprint density at radius 1 is 1.42 bits per heavy atom. The van der Waals surface area contributed by atoms with Crippen molar-refractivity contribution >= 4 is 26.5 Å². The highest BCUT2D eigenvalue weighted by Gasteiger charge is 2.17. The van der Waals surface area contributed by atoms with Crippen LogP contribution in [0.3, 0.4) is 0 Å². The molecule has 1 rings (SSSR count). The number of nitrogens with one attached hydrogen (secondary N) is 1. The van der Waals surface area contributed by atoms with Crippen LogP contribution in [-0.4, -0.2) is 30.7 Å². The molecule has 7 heteroatoms. The summed E-state index contributed by atoms with van der Waals surface area (Å²) in [4.78, 5) is 0.198. The molecule has 3 N–H and O–H groups in total. The van der Waals surface area contributed by atoms with E-state index in [0.29, 0.717) is 17.9 Å². The first kappa shape index (κ1) is 16.1. The summed E-state index contributed by atoms with van der Waals surface area (Å²) < 4.78 is 37.8. The maximum Gasteiger partial charge on any atom is 0.240 e. The van der Waals surface area contributed by atoms with Gasteiger partial charge in [0.05, 0.1) is 4.90 Å². The number of nitrogen functional groups attached to an aromatic ring is 1. The standard InChI is InChI=1S/C12H20N2O3S2/c1-9-8-11(4-5-12(9)13)19(16,17)14-10(2)6-7-18(3)15/h4-5,8,10,14H,6-7,13H2,1-3H3. The minimum atomic E-state index is -3.55. The van der Waals surface area contributed by atoms with Gasteiger partial charge in [-0.2, -0.15) is 0 Å². The van der Waals surface area contributed by atoms with Crippen LogP contribution in [0.25, 0.3) is 0 Å². The van der Waals surface area contributed by atoms with Crippen molar-refractivity contribution in [2.75, 3.05) is 17.7 Å². The molecule has 1 aromatic carbocycles. The number of benzene rings is 1. The van der Waals surface area contributed by atoms with Crippen molar-refractivity contribution < 1.29 is 12.6 Å². The number of rotatable bonds is 6. The maximum absolute atomic E-state index is 12.1. The predicted octanol–water partition coefficient (Wildman–Crippen LogP) is 1.01. The van der Waals surface area contributed by atoms with Crippen molar-refractivity contribution in [1.29, 1.82) is 0 Å². The second kappa shape index (κ2) is 6.49. The fraction of sp³-hybridized carbons (Fsp3) is 0.500. The third-order valence-corrected chi connectivity index (χ3v) is 5.14. The first-order chi connectivity index (χ1) is 8.72. The van der Waals surface area contributed by atoms with E-state index in [-0.39, 0.29) is 10.9 Å². The summed E-state index contributed by atoms with van der Waals surface area (Å²) in [6.45, 7) is 3.52. The summed E-state index contributed by atoms with van der Waals surface area (Å²) >= 11 is 0. The fourth-order valence-electron chi connectivity index (χ4n) is 1.55. The van der Waals surface area contributed by atoms with Crippen molar-refractivity contribution in [2.45, 2.75) is 31.2 Å². The minimum absolute atomic E-state index is 0.198. The lowest BCUT2D eigenvalue weighted by molar-refractivity contribution is 0.555. The molecular formula is C12H20N2O3S2. The van der Waals surface area contributed by atoms with E-state index in [1.807, 2.05) is 0 Å². The molecule has 0 fully saturated rings. The number of hydrogen-bond acceptors (Lipinski definition) is 4. The minimum Gasteiger partial charge on any atom is -0.399 e. The van der Waals surface area contributed by atoms with E-state index in [0.717, 1.165) is 5.56 Å². The van der Waals surface area contributed by atoms with Crippen LogP contribution in [0.4, 0.5) is 5.69 Å². The Kier molecular flexibility index (Phi) is 5.51. The average molecular weight is 304 g/mol. The van der Waals surface area contributed by atoms with Gasteiger partial charge in [-0.05, 0) is 44.0 Å². The van der Waals surface area contributed by atoms with Gasteiger partial charge in [-0.15, -0.1) is 0 Å². The lowest BCUT2D eigenvalue weighted by Crippen LogP contribution is -2.33. The van der Waals surface area contributed by atoms with Gasteiger partial charge in [0, 0.05) is 34.5 Å². The Labute approximate surface area is 117 Å². The van der Waals surface area contributed by atoms with Crippen molar-refractivity contribution in [2.24, 2.45) is 0 Å². The molecular weight excluding hydrogens is 284 g/mol. The zero-order valence-corrected chi connectivity index (χ0v) is 13.0. The van der Waals surface area contributed by atoms with Gasteiger partial charge in [0.1, 0.15) is 0 Å². The lowest BCUT2D eigenvalue weighted by Gasteiger charge is -2.14. The molecule has 0 saturated carbocycles. The Balaban J connectivity index is 2.80. The molecule has 0 aromatic heterocycles. The van der Waals surface area contributed by atoms with E-state index in [4.69, 9.17) is 5.73 Å². The molecule has 2 unspecified atom stereocenters. The van der Waals surface area contributed by atoms with Crippen LogP contribution >= 0.6 is 0 Å². The van der Waals surface area contributed by atoms with E-state index in [2.05, 4.69) is 4.72 Å². The number of hydrogen-bond donors (Lipinski definition) is 2. The molecule has 0 bridgehead atoms. The highest BCUT2D eigenvalue weighted by Crippen LogP contribution is 2.17. The van der Waals surface area contributed by atoms with E-state index in [9.17, 15) is 12.6 Å². The predicted molar refractivity (Wildman–Crippen MR) is 78.9 cm³/mol. The summed E-state index contributed by atoms with van der Waals surface area (Å²) in [6.07, 6.45) is 2.14. The monoisotopic (exact) mass is 304 g/mol. The number of sulfonamides is 1. The molecule has 0 heterocycles. The van der Waals surface area contributed by atoms with Gasteiger partial charge < -0.3 is 5.73 Å². The summed E-state index contributed by atoms with van der Waals surface area (Å²) in [7, 11) is -4.47. The Hall–Kier alpha value is -0.920. The third kappa shape index (κ3) is 4.93. The first-order valence-corrected chi connectivity index (χ1v) is 9.12. The topological polar surface area (TPSA) is 89.3 Å². The molecule has 0 radical (unpaired) electrons. The van der Waals surface area contributed by atoms with Crippen LogP contribution < -0.4 is 10.5 Å². The van der Waals surface area contributed by atoms with Crippen molar-refractivity contribution in [3.8, 4) is 0 Å². The SMILES string of the molecule is Cc1cc(S(=O)(=O)NC(C)CCS(C)=O)ccc1N. The van der Waals surface area contributed by atoms with Gasteiger partial charge in [-0.25, -0.2) is 13.1 Å². The highest BCUT2D eigenvalue weighted by molar-refractivity contribution is 7.89. The van der Waals surface area contributed by atoms with E-state index in [1.54, 1.807) is 32.2 Å². The lowest BCUT2D eigenvalue weighted by atomic mass is 10.2. The van der Waals surface area contributed by atoms with Crippen molar-refractivity contribution in [1.82, 2.24) is 4.72 Å².